The highest BCUT2D eigenvalue weighted by Crippen LogP contribution is 2.25. The molecule has 1 aromatic heterocycles. The van der Waals surface area contributed by atoms with Crippen LogP contribution in [0.5, 0.6) is 5.75 Å². The number of amides is 1. The number of likely N-dealkylation sites (tertiary alicyclic amines) is 1. The predicted octanol–water partition coefficient (Wildman–Crippen LogP) is 1.78. The number of aromatic nitrogens is 1. The van der Waals surface area contributed by atoms with Crippen molar-refractivity contribution in [1.82, 2.24) is 26.1 Å². The van der Waals surface area contributed by atoms with Gasteiger partial charge >= 0.3 is 0 Å². The molecule has 2 aliphatic rings. The summed E-state index contributed by atoms with van der Waals surface area (Å²) in [5.41, 5.74) is 8.99. The van der Waals surface area contributed by atoms with Crippen LogP contribution >= 0.6 is 0 Å². The molecule has 7 heteroatoms. The minimum absolute atomic E-state index is 0.0496. The van der Waals surface area contributed by atoms with Crippen LogP contribution in [0.3, 0.4) is 0 Å². The molecule has 0 aliphatic carbocycles. The van der Waals surface area contributed by atoms with Crippen LogP contribution < -0.4 is 20.9 Å². The predicted molar refractivity (Wildman–Crippen MR) is 111 cm³/mol. The molecule has 154 valence electrons. The van der Waals surface area contributed by atoms with Gasteiger partial charge in [0.2, 0.25) is 5.91 Å². The number of piperidine rings is 1. The summed E-state index contributed by atoms with van der Waals surface area (Å²) >= 11 is 0. The van der Waals surface area contributed by atoms with Crippen molar-refractivity contribution in [2.45, 2.75) is 43.9 Å². The molecule has 3 atom stereocenters. The molecule has 3 N–H and O–H groups in total. The summed E-state index contributed by atoms with van der Waals surface area (Å²) in [5.74, 6) is 0.810. The largest absolute Gasteiger partial charge is 0.496 e. The average molecular weight is 396 g/mol. The number of hydrogen-bond donors (Lipinski definition) is 3. The third-order valence-corrected chi connectivity index (χ3v) is 5.79. The zero-order valence-electron chi connectivity index (χ0n) is 16.8. The Morgan fingerprint density at radius 2 is 2.07 bits per heavy atom. The quantitative estimate of drug-likeness (QED) is 0.692. The van der Waals surface area contributed by atoms with E-state index >= 15 is 0 Å². The van der Waals surface area contributed by atoms with E-state index in [1.807, 2.05) is 36.7 Å². The summed E-state index contributed by atoms with van der Waals surface area (Å²) in [7, 11) is 1.64. The number of hydrazine groups is 1. The van der Waals surface area contributed by atoms with Crippen LogP contribution in [0.1, 0.15) is 36.4 Å². The van der Waals surface area contributed by atoms with Crippen molar-refractivity contribution in [3.05, 3.63) is 59.9 Å². The van der Waals surface area contributed by atoms with E-state index in [0.717, 1.165) is 43.7 Å². The highest BCUT2D eigenvalue weighted by Gasteiger charge is 2.32. The van der Waals surface area contributed by atoms with E-state index in [1.54, 1.807) is 7.11 Å². The summed E-state index contributed by atoms with van der Waals surface area (Å²) in [6, 6.07) is 12.3. The van der Waals surface area contributed by atoms with Gasteiger partial charge in [0.15, 0.2) is 0 Å². The summed E-state index contributed by atoms with van der Waals surface area (Å²) in [6.07, 6.45) is 7.36. The van der Waals surface area contributed by atoms with Gasteiger partial charge in [-0.25, -0.2) is 10.9 Å². The van der Waals surface area contributed by atoms with Crippen LogP contribution in [-0.2, 0) is 11.2 Å². The molecular formula is C22H29N5O2. The topological polar surface area (TPSA) is 78.5 Å². The Labute approximate surface area is 171 Å². The van der Waals surface area contributed by atoms with E-state index in [0.29, 0.717) is 6.42 Å². The number of methoxy groups -OCH3 is 1. The lowest BCUT2D eigenvalue weighted by Gasteiger charge is -2.36. The van der Waals surface area contributed by atoms with Gasteiger partial charge in [0.25, 0.3) is 0 Å². The molecule has 4 rings (SSSR count). The Balaban J connectivity index is 1.30. The molecule has 1 amide bonds. The fourth-order valence-corrected chi connectivity index (χ4v) is 4.30. The normalized spacial score (nSPS) is 24.9. The first-order chi connectivity index (χ1) is 14.2. The van der Waals surface area contributed by atoms with Crippen LogP contribution in [0, 0.1) is 0 Å². The number of nitrogens with one attached hydrogen (secondary N) is 3. The second-order valence-electron chi connectivity index (χ2n) is 7.76. The van der Waals surface area contributed by atoms with E-state index in [4.69, 9.17) is 4.74 Å². The zero-order chi connectivity index (χ0) is 20.1. The zero-order valence-corrected chi connectivity index (χ0v) is 16.8. The summed E-state index contributed by atoms with van der Waals surface area (Å²) in [4.78, 5) is 19.1. The second kappa shape index (κ2) is 9.35. The summed E-state index contributed by atoms with van der Waals surface area (Å²) in [6.45, 7) is 1.90. The fraction of sp³-hybridized carbons (Fsp3) is 0.455. The van der Waals surface area contributed by atoms with Crippen LogP contribution in [0.25, 0.3) is 0 Å². The van der Waals surface area contributed by atoms with Crippen molar-refractivity contribution in [3.8, 4) is 5.75 Å². The SMILES string of the molecule is COc1ccccc1CC(=O)NC1CCCN(C2CC(c3ccncc3)NN2)C1. The Bertz CT molecular complexity index is 816. The molecule has 0 saturated carbocycles. The van der Waals surface area contributed by atoms with E-state index in [2.05, 4.69) is 38.2 Å². The molecule has 7 nitrogen and oxygen atoms in total. The molecular weight excluding hydrogens is 366 g/mol. The molecule has 2 saturated heterocycles. The smallest absolute Gasteiger partial charge is 0.224 e. The molecule has 2 aliphatic heterocycles. The number of para-hydroxylation sites is 1. The number of rotatable bonds is 6. The lowest BCUT2D eigenvalue weighted by Crippen LogP contribution is -2.54. The highest BCUT2D eigenvalue weighted by molar-refractivity contribution is 5.79. The standard InChI is InChI=1S/C22H29N5O2/c1-29-20-7-3-2-5-17(20)13-22(28)24-18-6-4-12-27(15-18)21-14-19(25-26-21)16-8-10-23-11-9-16/h2-3,5,7-11,18-19,21,25-26H,4,6,12-15H2,1H3,(H,24,28). The number of nitrogens with zero attached hydrogens (tertiary/aromatic N) is 2. The third-order valence-electron chi connectivity index (χ3n) is 5.79. The van der Waals surface area contributed by atoms with E-state index in [1.165, 1.54) is 5.56 Å². The molecule has 0 radical (unpaired) electrons. The Kier molecular flexibility index (Phi) is 6.39. The first-order valence-electron chi connectivity index (χ1n) is 10.3. The Morgan fingerprint density at radius 3 is 2.90 bits per heavy atom. The minimum Gasteiger partial charge on any atom is -0.496 e. The van der Waals surface area contributed by atoms with Crippen LogP contribution in [0.2, 0.25) is 0 Å². The summed E-state index contributed by atoms with van der Waals surface area (Å²) < 4.78 is 5.36. The third kappa shape index (κ3) is 4.93. The van der Waals surface area contributed by atoms with Gasteiger partial charge in [0.1, 0.15) is 5.75 Å². The molecule has 2 fully saturated rings. The molecule has 1 aromatic carbocycles. The van der Waals surface area contributed by atoms with E-state index in [9.17, 15) is 4.79 Å². The van der Waals surface area contributed by atoms with Crippen molar-refractivity contribution in [1.29, 1.82) is 0 Å². The van der Waals surface area contributed by atoms with Crippen LogP contribution in [0.4, 0.5) is 0 Å². The maximum absolute atomic E-state index is 12.6. The monoisotopic (exact) mass is 395 g/mol. The van der Waals surface area contributed by atoms with Gasteiger partial charge in [-0.05, 0) is 49.6 Å². The van der Waals surface area contributed by atoms with Crippen molar-refractivity contribution < 1.29 is 9.53 Å². The van der Waals surface area contributed by atoms with Crippen molar-refractivity contribution in [2.24, 2.45) is 0 Å². The van der Waals surface area contributed by atoms with Crippen molar-refractivity contribution in [3.63, 3.8) is 0 Å². The number of carbonyl (C=O) groups is 1. The van der Waals surface area contributed by atoms with Gasteiger partial charge < -0.3 is 10.1 Å². The van der Waals surface area contributed by atoms with Gasteiger partial charge in [-0.2, -0.15) is 0 Å². The maximum Gasteiger partial charge on any atom is 0.224 e. The fourth-order valence-electron chi connectivity index (χ4n) is 4.30. The van der Waals surface area contributed by atoms with Gasteiger partial charge in [-0.15, -0.1) is 0 Å². The molecule has 3 unspecified atom stereocenters. The molecule has 0 spiro atoms. The summed E-state index contributed by atoms with van der Waals surface area (Å²) in [5, 5.41) is 3.22. The maximum atomic E-state index is 12.6. The Morgan fingerprint density at radius 1 is 1.24 bits per heavy atom. The van der Waals surface area contributed by atoms with E-state index < -0.39 is 0 Å². The first-order valence-corrected chi connectivity index (χ1v) is 10.3. The lowest BCUT2D eigenvalue weighted by atomic mass is 10.0. The first kappa shape index (κ1) is 19.8. The molecule has 2 aromatic rings. The van der Waals surface area contributed by atoms with Gasteiger partial charge in [0, 0.05) is 36.6 Å². The number of pyridine rings is 1. The van der Waals surface area contributed by atoms with Gasteiger partial charge in [-0.3, -0.25) is 14.7 Å². The number of benzene rings is 1. The molecule has 29 heavy (non-hydrogen) atoms. The van der Waals surface area contributed by atoms with Gasteiger partial charge in [0.05, 0.1) is 19.7 Å². The number of ether oxygens (including phenoxy) is 1. The van der Waals surface area contributed by atoms with Crippen LogP contribution in [0.15, 0.2) is 48.8 Å². The molecule has 3 heterocycles. The number of carbonyl (C=O) groups excluding carboxylic acids is 1. The molecule has 0 bridgehead atoms. The number of hydrogen-bond acceptors (Lipinski definition) is 6. The minimum atomic E-state index is 0.0496. The average Bonchev–Trinajstić information content (AvgIpc) is 3.25. The van der Waals surface area contributed by atoms with E-state index in [-0.39, 0.29) is 24.2 Å². The second-order valence-corrected chi connectivity index (χ2v) is 7.76. The Hall–Kier alpha value is -2.48. The van der Waals surface area contributed by atoms with Crippen molar-refractivity contribution >= 4 is 5.91 Å². The van der Waals surface area contributed by atoms with Crippen molar-refractivity contribution in [2.75, 3.05) is 20.2 Å². The van der Waals surface area contributed by atoms with Gasteiger partial charge in [-0.1, -0.05) is 18.2 Å². The van der Waals surface area contributed by atoms with Crippen LogP contribution in [-0.4, -0.2) is 48.2 Å². The lowest BCUT2D eigenvalue weighted by molar-refractivity contribution is -0.121. The highest BCUT2D eigenvalue weighted by atomic mass is 16.5.